The van der Waals surface area contributed by atoms with Crippen LogP contribution in [0.25, 0.3) is 0 Å². The number of hydrogen-bond acceptors (Lipinski definition) is 4. The molecule has 0 fully saturated rings. The number of aromatic nitrogens is 1. The summed E-state index contributed by atoms with van der Waals surface area (Å²) in [6, 6.07) is 4.12. The van der Waals surface area contributed by atoms with Crippen LogP contribution in [0.3, 0.4) is 0 Å². The predicted octanol–water partition coefficient (Wildman–Crippen LogP) is 3.32. The van der Waals surface area contributed by atoms with Crippen molar-refractivity contribution in [2.24, 2.45) is 0 Å². The van der Waals surface area contributed by atoms with E-state index in [9.17, 15) is 9.18 Å². The Hall–Kier alpha value is -1.95. The Balaban J connectivity index is 2.13. The number of benzene rings is 1. The van der Waals surface area contributed by atoms with E-state index in [0.717, 1.165) is 6.07 Å². The Morgan fingerprint density at radius 2 is 2.26 bits per heavy atom. The Kier molecular flexibility index (Phi) is 4.11. The summed E-state index contributed by atoms with van der Waals surface area (Å²) in [6.45, 7) is 3.62. The molecule has 2 rings (SSSR count). The van der Waals surface area contributed by atoms with E-state index in [4.69, 9.17) is 4.74 Å². The minimum Gasteiger partial charge on any atom is -0.488 e. The highest BCUT2D eigenvalue weighted by Crippen LogP contribution is 2.20. The number of halogens is 1. The first-order chi connectivity index (χ1) is 9.06. The van der Waals surface area contributed by atoms with Gasteiger partial charge in [0.2, 0.25) is 0 Å². The fraction of sp³-hybridized carbons (Fsp3) is 0.231. The molecule has 0 saturated carbocycles. The van der Waals surface area contributed by atoms with Crippen molar-refractivity contribution in [3.05, 3.63) is 41.2 Å². The topological polar surface area (TPSA) is 51.2 Å². The van der Waals surface area contributed by atoms with Gasteiger partial charge in [0.15, 0.2) is 16.7 Å². The average Bonchev–Trinajstić information content (AvgIpc) is 2.84. The third-order valence-electron chi connectivity index (χ3n) is 2.21. The lowest BCUT2D eigenvalue weighted by Gasteiger charge is -2.11. The quantitative estimate of drug-likeness (QED) is 0.934. The van der Waals surface area contributed by atoms with Gasteiger partial charge in [0.1, 0.15) is 0 Å². The molecule has 4 nitrogen and oxygen atoms in total. The summed E-state index contributed by atoms with van der Waals surface area (Å²) in [4.78, 5) is 15.8. The van der Waals surface area contributed by atoms with E-state index < -0.39 is 11.7 Å². The standard InChI is InChI=1S/C13H13FN2O2S/c1-8(2)18-11-4-3-9(7-10(11)14)12(17)16-13-15-5-6-19-13/h3-8H,1-2H3,(H,15,16,17). The Morgan fingerprint density at radius 3 is 2.84 bits per heavy atom. The van der Waals surface area contributed by atoms with Crippen molar-refractivity contribution in [2.45, 2.75) is 20.0 Å². The summed E-state index contributed by atoms with van der Waals surface area (Å²) in [5.41, 5.74) is 0.226. The highest BCUT2D eigenvalue weighted by atomic mass is 32.1. The van der Waals surface area contributed by atoms with E-state index >= 15 is 0 Å². The van der Waals surface area contributed by atoms with Crippen molar-refractivity contribution in [3.8, 4) is 5.75 Å². The lowest BCUT2D eigenvalue weighted by molar-refractivity contribution is 0.102. The van der Waals surface area contributed by atoms with Crippen molar-refractivity contribution >= 4 is 22.4 Å². The summed E-state index contributed by atoms with van der Waals surface area (Å²) < 4.78 is 19.0. The molecule has 0 spiro atoms. The number of rotatable bonds is 4. The van der Waals surface area contributed by atoms with Crippen molar-refractivity contribution in [3.63, 3.8) is 0 Å². The molecule has 1 amide bonds. The van der Waals surface area contributed by atoms with E-state index in [1.807, 2.05) is 13.8 Å². The van der Waals surface area contributed by atoms with Crippen LogP contribution in [-0.4, -0.2) is 17.0 Å². The molecule has 1 aromatic heterocycles. The molecule has 1 N–H and O–H groups in total. The molecular weight excluding hydrogens is 267 g/mol. The molecule has 0 radical (unpaired) electrons. The van der Waals surface area contributed by atoms with Gasteiger partial charge in [-0.2, -0.15) is 0 Å². The van der Waals surface area contributed by atoms with Crippen LogP contribution >= 0.6 is 11.3 Å². The van der Waals surface area contributed by atoms with Crippen LogP contribution in [0.15, 0.2) is 29.8 Å². The van der Waals surface area contributed by atoms with Gasteiger partial charge in [-0.3, -0.25) is 10.1 Å². The number of carbonyl (C=O) groups is 1. The number of anilines is 1. The van der Waals surface area contributed by atoms with Gasteiger partial charge in [-0.1, -0.05) is 0 Å². The molecule has 0 unspecified atom stereocenters. The van der Waals surface area contributed by atoms with Gasteiger partial charge in [-0.25, -0.2) is 9.37 Å². The second-order valence-electron chi connectivity index (χ2n) is 4.10. The number of ether oxygens (including phenoxy) is 1. The maximum Gasteiger partial charge on any atom is 0.257 e. The Bertz CT molecular complexity index is 570. The summed E-state index contributed by atoms with van der Waals surface area (Å²) in [6.07, 6.45) is 1.46. The van der Waals surface area contributed by atoms with Crippen LogP contribution in [0.5, 0.6) is 5.75 Å². The average molecular weight is 280 g/mol. The molecule has 0 bridgehead atoms. The zero-order valence-electron chi connectivity index (χ0n) is 10.5. The van der Waals surface area contributed by atoms with Crippen LogP contribution in [0.2, 0.25) is 0 Å². The van der Waals surface area contributed by atoms with Crippen LogP contribution in [0.1, 0.15) is 24.2 Å². The van der Waals surface area contributed by atoms with Gasteiger partial charge in [0.05, 0.1) is 6.10 Å². The van der Waals surface area contributed by atoms with Gasteiger partial charge in [-0.15, -0.1) is 11.3 Å². The van der Waals surface area contributed by atoms with Gasteiger partial charge in [0, 0.05) is 17.1 Å². The second-order valence-corrected chi connectivity index (χ2v) is 5.00. The Morgan fingerprint density at radius 1 is 1.47 bits per heavy atom. The molecule has 0 aliphatic rings. The zero-order chi connectivity index (χ0) is 13.8. The molecule has 2 aromatic rings. The van der Waals surface area contributed by atoms with E-state index in [1.54, 1.807) is 11.6 Å². The van der Waals surface area contributed by atoms with Crippen molar-refractivity contribution in [2.75, 3.05) is 5.32 Å². The normalized spacial score (nSPS) is 10.5. The minimum absolute atomic E-state index is 0.121. The summed E-state index contributed by atoms with van der Waals surface area (Å²) in [5, 5.41) is 4.81. The fourth-order valence-electron chi connectivity index (χ4n) is 1.45. The second kappa shape index (κ2) is 5.79. The molecule has 6 heteroatoms. The lowest BCUT2D eigenvalue weighted by Crippen LogP contribution is -2.13. The van der Waals surface area contributed by atoms with Crippen molar-refractivity contribution in [1.29, 1.82) is 0 Å². The SMILES string of the molecule is CC(C)Oc1ccc(C(=O)Nc2nccs2)cc1F. The first kappa shape index (κ1) is 13.5. The monoisotopic (exact) mass is 280 g/mol. The summed E-state index contributed by atoms with van der Waals surface area (Å²) >= 11 is 1.30. The lowest BCUT2D eigenvalue weighted by atomic mass is 10.2. The van der Waals surface area contributed by atoms with Gasteiger partial charge in [0.25, 0.3) is 5.91 Å². The maximum absolute atomic E-state index is 13.7. The highest BCUT2D eigenvalue weighted by Gasteiger charge is 2.12. The van der Waals surface area contributed by atoms with E-state index in [2.05, 4.69) is 10.3 Å². The third-order valence-corrected chi connectivity index (χ3v) is 2.90. The van der Waals surface area contributed by atoms with E-state index in [0.29, 0.717) is 5.13 Å². The smallest absolute Gasteiger partial charge is 0.257 e. The molecule has 1 aromatic carbocycles. The van der Waals surface area contributed by atoms with E-state index in [1.165, 1.54) is 23.5 Å². The number of nitrogens with one attached hydrogen (secondary N) is 1. The molecule has 0 aliphatic carbocycles. The van der Waals surface area contributed by atoms with Gasteiger partial charge < -0.3 is 4.74 Å². The minimum atomic E-state index is -0.555. The molecule has 1 heterocycles. The number of thiazole rings is 1. The van der Waals surface area contributed by atoms with Crippen LogP contribution in [-0.2, 0) is 0 Å². The molecular formula is C13H13FN2O2S. The largest absolute Gasteiger partial charge is 0.488 e. The van der Waals surface area contributed by atoms with E-state index in [-0.39, 0.29) is 17.4 Å². The number of nitrogens with zero attached hydrogens (tertiary/aromatic N) is 1. The van der Waals surface area contributed by atoms with Crippen LogP contribution in [0.4, 0.5) is 9.52 Å². The first-order valence-electron chi connectivity index (χ1n) is 5.73. The molecule has 0 aliphatic heterocycles. The molecule has 0 saturated heterocycles. The van der Waals surface area contributed by atoms with Crippen LogP contribution < -0.4 is 10.1 Å². The third kappa shape index (κ3) is 3.51. The molecule has 100 valence electrons. The highest BCUT2D eigenvalue weighted by molar-refractivity contribution is 7.13. The molecule has 19 heavy (non-hydrogen) atoms. The van der Waals surface area contributed by atoms with Crippen molar-refractivity contribution in [1.82, 2.24) is 4.98 Å². The van der Waals surface area contributed by atoms with Crippen molar-refractivity contribution < 1.29 is 13.9 Å². The van der Waals surface area contributed by atoms with Gasteiger partial charge >= 0.3 is 0 Å². The first-order valence-corrected chi connectivity index (χ1v) is 6.61. The number of carbonyl (C=O) groups excluding carboxylic acids is 1. The zero-order valence-corrected chi connectivity index (χ0v) is 11.3. The van der Waals surface area contributed by atoms with Gasteiger partial charge in [-0.05, 0) is 32.0 Å². The fourth-order valence-corrected chi connectivity index (χ4v) is 1.97. The molecule has 0 atom stereocenters. The maximum atomic E-state index is 13.7. The number of hydrogen-bond donors (Lipinski definition) is 1. The number of amides is 1. The van der Waals surface area contributed by atoms with Crippen LogP contribution in [0, 0.1) is 5.82 Å². The summed E-state index contributed by atoms with van der Waals surface area (Å²) in [5.74, 6) is -0.814. The Labute approximate surface area is 114 Å². The summed E-state index contributed by atoms with van der Waals surface area (Å²) in [7, 11) is 0. The predicted molar refractivity (Wildman–Crippen MR) is 72.2 cm³/mol.